The molecule has 1 aliphatic rings. The van der Waals surface area contributed by atoms with Gasteiger partial charge in [0.2, 0.25) is 0 Å². The number of likely N-dealkylation sites (tertiary alicyclic amines) is 1. The Morgan fingerprint density at radius 2 is 1.67 bits per heavy atom. The number of nitrogens with zero attached hydrogens (tertiary/aromatic N) is 1. The van der Waals surface area contributed by atoms with Crippen molar-refractivity contribution >= 4 is 6.09 Å². The van der Waals surface area contributed by atoms with E-state index in [-0.39, 0.29) is 18.1 Å². The highest BCUT2D eigenvalue weighted by Gasteiger charge is 2.42. The summed E-state index contributed by atoms with van der Waals surface area (Å²) in [4.78, 5) is 14.0. The van der Waals surface area contributed by atoms with Crippen molar-refractivity contribution in [2.24, 2.45) is 0 Å². The van der Waals surface area contributed by atoms with Gasteiger partial charge in [-0.15, -0.1) is 0 Å². The van der Waals surface area contributed by atoms with Gasteiger partial charge in [-0.05, 0) is 24.5 Å². The first-order chi connectivity index (χ1) is 11.7. The highest BCUT2D eigenvalue weighted by Crippen LogP contribution is 2.36. The minimum atomic E-state index is -0.570. The van der Waals surface area contributed by atoms with Crippen LogP contribution in [0.25, 0.3) is 0 Å². The molecule has 0 spiro atoms. The van der Waals surface area contributed by atoms with Crippen molar-refractivity contribution in [2.75, 3.05) is 13.2 Å². The summed E-state index contributed by atoms with van der Waals surface area (Å²) in [5.41, 5.74) is 2.17. The molecule has 2 aromatic carbocycles. The molecule has 1 aliphatic heterocycles. The average molecular weight is 325 g/mol. The van der Waals surface area contributed by atoms with Crippen LogP contribution in [0.15, 0.2) is 60.7 Å². The number of aliphatic hydroxyl groups excluding tert-OH is 1. The molecule has 4 heteroatoms. The fraction of sp³-hybridized carbons (Fsp3) is 0.350. The Morgan fingerprint density at radius 3 is 2.17 bits per heavy atom. The van der Waals surface area contributed by atoms with Gasteiger partial charge in [-0.1, -0.05) is 60.7 Å². The summed E-state index contributed by atoms with van der Waals surface area (Å²) in [6, 6.07) is 19.8. The van der Waals surface area contributed by atoms with E-state index in [2.05, 4.69) is 0 Å². The number of carbonyl (C=O) groups excluding carboxylic acids is 1. The third-order valence-electron chi connectivity index (χ3n) is 4.58. The number of hydrogen-bond acceptors (Lipinski definition) is 3. The molecule has 4 nitrogen and oxygen atoms in total. The van der Waals surface area contributed by atoms with Crippen molar-refractivity contribution in [1.82, 2.24) is 4.90 Å². The van der Waals surface area contributed by atoms with Gasteiger partial charge in [-0.25, -0.2) is 4.79 Å². The third-order valence-corrected chi connectivity index (χ3v) is 4.58. The standard InChI is InChI=1S/C20H23NO3/c1-2-24-20(23)21-14-13-17(22)19(21)18(15-9-5-3-6-10-15)16-11-7-4-8-12-16/h3-12,17-19,22H,2,13-14H2,1H3. The molecule has 0 aliphatic carbocycles. The molecule has 1 fully saturated rings. The molecule has 0 aromatic heterocycles. The number of hydrogen-bond donors (Lipinski definition) is 1. The van der Waals surface area contributed by atoms with Gasteiger partial charge in [0.05, 0.1) is 18.8 Å². The van der Waals surface area contributed by atoms with E-state index in [1.807, 2.05) is 60.7 Å². The molecule has 1 saturated heterocycles. The molecule has 0 saturated carbocycles. The van der Waals surface area contributed by atoms with E-state index in [9.17, 15) is 9.90 Å². The van der Waals surface area contributed by atoms with Gasteiger partial charge in [-0.3, -0.25) is 0 Å². The number of benzene rings is 2. The second-order valence-electron chi connectivity index (χ2n) is 6.04. The van der Waals surface area contributed by atoms with Crippen molar-refractivity contribution in [1.29, 1.82) is 0 Å². The van der Waals surface area contributed by atoms with Gasteiger partial charge in [0.25, 0.3) is 0 Å². The zero-order valence-corrected chi connectivity index (χ0v) is 13.8. The zero-order chi connectivity index (χ0) is 16.9. The monoisotopic (exact) mass is 325 g/mol. The lowest BCUT2D eigenvalue weighted by molar-refractivity contribution is 0.0733. The van der Waals surface area contributed by atoms with Crippen LogP contribution >= 0.6 is 0 Å². The second-order valence-corrected chi connectivity index (χ2v) is 6.04. The van der Waals surface area contributed by atoms with Crippen LogP contribution in [-0.2, 0) is 4.74 Å². The quantitative estimate of drug-likeness (QED) is 0.937. The first kappa shape index (κ1) is 16.5. The average Bonchev–Trinajstić information content (AvgIpc) is 2.99. The predicted molar refractivity (Wildman–Crippen MR) is 92.9 cm³/mol. The molecule has 2 aromatic rings. The predicted octanol–water partition coefficient (Wildman–Crippen LogP) is 3.41. The van der Waals surface area contributed by atoms with Crippen molar-refractivity contribution in [3.05, 3.63) is 71.8 Å². The van der Waals surface area contributed by atoms with Gasteiger partial charge in [-0.2, -0.15) is 0 Å². The fourth-order valence-corrected chi connectivity index (χ4v) is 3.53. The lowest BCUT2D eigenvalue weighted by Gasteiger charge is -2.33. The van der Waals surface area contributed by atoms with Crippen molar-refractivity contribution < 1.29 is 14.6 Å². The second kappa shape index (κ2) is 7.49. The molecule has 0 radical (unpaired) electrons. The van der Waals surface area contributed by atoms with Crippen molar-refractivity contribution in [3.8, 4) is 0 Å². The topological polar surface area (TPSA) is 49.8 Å². The molecule has 1 N–H and O–H groups in total. The van der Waals surface area contributed by atoms with Crippen LogP contribution in [0.2, 0.25) is 0 Å². The van der Waals surface area contributed by atoms with E-state index in [1.54, 1.807) is 11.8 Å². The lowest BCUT2D eigenvalue weighted by Crippen LogP contribution is -2.44. The summed E-state index contributed by atoms with van der Waals surface area (Å²) in [7, 11) is 0. The Kier molecular flexibility index (Phi) is 5.16. The minimum absolute atomic E-state index is 0.0886. The van der Waals surface area contributed by atoms with Crippen LogP contribution in [0.1, 0.15) is 30.4 Å². The smallest absolute Gasteiger partial charge is 0.410 e. The molecule has 3 rings (SSSR count). The summed E-state index contributed by atoms with van der Waals surface area (Å²) in [6.07, 6.45) is -0.352. The Labute approximate surface area is 142 Å². The number of ether oxygens (including phenoxy) is 1. The maximum absolute atomic E-state index is 12.4. The molecule has 0 bridgehead atoms. The van der Waals surface area contributed by atoms with E-state index in [4.69, 9.17) is 4.74 Å². The molecule has 1 amide bonds. The Morgan fingerprint density at radius 1 is 1.12 bits per heavy atom. The van der Waals surface area contributed by atoms with Crippen LogP contribution in [0.5, 0.6) is 0 Å². The Hall–Kier alpha value is -2.33. The molecule has 126 valence electrons. The van der Waals surface area contributed by atoms with Crippen LogP contribution in [0.4, 0.5) is 4.79 Å². The Bertz CT molecular complexity index is 620. The SMILES string of the molecule is CCOC(=O)N1CCC(O)C1C(c1ccccc1)c1ccccc1. The van der Waals surface area contributed by atoms with Crippen LogP contribution < -0.4 is 0 Å². The zero-order valence-electron chi connectivity index (χ0n) is 13.8. The number of aliphatic hydroxyl groups is 1. The molecule has 2 atom stereocenters. The maximum Gasteiger partial charge on any atom is 0.410 e. The van der Waals surface area contributed by atoms with Gasteiger partial charge < -0.3 is 14.7 Å². The first-order valence-electron chi connectivity index (χ1n) is 8.43. The van der Waals surface area contributed by atoms with Crippen LogP contribution in [-0.4, -0.2) is 41.4 Å². The fourth-order valence-electron chi connectivity index (χ4n) is 3.53. The molecule has 24 heavy (non-hydrogen) atoms. The highest BCUT2D eigenvalue weighted by molar-refractivity contribution is 5.69. The summed E-state index contributed by atoms with van der Waals surface area (Å²) in [6.45, 7) is 2.64. The van der Waals surface area contributed by atoms with E-state index in [1.165, 1.54) is 0 Å². The van der Waals surface area contributed by atoms with Crippen molar-refractivity contribution in [2.45, 2.75) is 31.4 Å². The molecular weight excluding hydrogens is 302 g/mol. The minimum Gasteiger partial charge on any atom is -0.450 e. The Balaban J connectivity index is 2.02. The third kappa shape index (κ3) is 3.29. The van der Waals surface area contributed by atoms with E-state index >= 15 is 0 Å². The normalized spacial score (nSPS) is 20.4. The van der Waals surface area contributed by atoms with Gasteiger partial charge in [0.15, 0.2) is 0 Å². The highest BCUT2D eigenvalue weighted by atomic mass is 16.6. The van der Waals surface area contributed by atoms with Crippen molar-refractivity contribution in [3.63, 3.8) is 0 Å². The number of amides is 1. The lowest BCUT2D eigenvalue weighted by atomic mass is 9.83. The van der Waals surface area contributed by atoms with E-state index in [0.29, 0.717) is 19.6 Å². The van der Waals surface area contributed by atoms with E-state index < -0.39 is 6.10 Å². The van der Waals surface area contributed by atoms with Gasteiger partial charge >= 0.3 is 6.09 Å². The maximum atomic E-state index is 12.4. The first-order valence-corrected chi connectivity index (χ1v) is 8.43. The summed E-state index contributed by atoms with van der Waals surface area (Å²) in [5.74, 6) is -0.0886. The number of carbonyl (C=O) groups is 1. The van der Waals surface area contributed by atoms with Gasteiger partial charge in [0.1, 0.15) is 0 Å². The largest absolute Gasteiger partial charge is 0.450 e. The summed E-state index contributed by atoms with van der Waals surface area (Å²) in [5, 5.41) is 10.6. The summed E-state index contributed by atoms with van der Waals surface area (Å²) >= 11 is 0. The van der Waals surface area contributed by atoms with Crippen LogP contribution in [0.3, 0.4) is 0 Å². The van der Waals surface area contributed by atoms with E-state index in [0.717, 1.165) is 11.1 Å². The number of rotatable bonds is 4. The molecule has 1 heterocycles. The molecule has 2 unspecified atom stereocenters. The summed E-state index contributed by atoms with van der Waals surface area (Å²) < 4.78 is 5.20. The van der Waals surface area contributed by atoms with Gasteiger partial charge in [0, 0.05) is 12.5 Å². The van der Waals surface area contributed by atoms with Crippen LogP contribution in [0, 0.1) is 0 Å². The molecular formula is C20H23NO3.